The molecule has 0 amide bonds. The Kier molecular flexibility index (Phi) is 3.61. The van der Waals surface area contributed by atoms with Gasteiger partial charge in [-0.15, -0.1) is 11.3 Å². The molecule has 0 atom stereocenters. The lowest BCUT2D eigenvalue weighted by Crippen LogP contribution is -2.09. The predicted molar refractivity (Wildman–Crippen MR) is 72.2 cm³/mol. The van der Waals surface area contributed by atoms with Crippen molar-refractivity contribution in [2.24, 2.45) is 7.05 Å². The highest BCUT2D eigenvalue weighted by atomic mass is 32.1. The van der Waals surface area contributed by atoms with Crippen LogP contribution in [0, 0.1) is 13.8 Å². The van der Waals surface area contributed by atoms with Gasteiger partial charge in [-0.3, -0.25) is 9.48 Å². The number of hydrogen-bond donors (Lipinski definition) is 0. The zero-order valence-electron chi connectivity index (χ0n) is 11.1. The van der Waals surface area contributed by atoms with Gasteiger partial charge in [-0.2, -0.15) is 5.10 Å². The summed E-state index contributed by atoms with van der Waals surface area (Å²) in [5.41, 5.74) is 2.63. The molecule has 4 nitrogen and oxygen atoms in total. The highest BCUT2D eigenvalue weighted by molar-refractivity contribution is 7.11. The Hall–Kier alpha value is -1.49. The number of rotatable bonds is 4. The van der Waals surface area contributed by atoms with Crippen LogP contribution in [0.25, 0.3) is 0 Å². The van der Waals surface area contributed by atoms with Crippen LogP contribution in [-0.4, -0.2) is 20.5 Å². The van der Waals surface area contributed by atoms with E-state index >= 15 is 0 Å². The molecule has 0 aromatic carbocycles. The topological polar surface area (TPSA) is 47.8 Å². The summed E-state index contributed by atoms with van der Waals surface area (Å²) in [4.78, 5) is 17.8. The summed E-state index contributed by atoms with van der Waals surface area (Å²) in [5, 5.41) is 5.18. The molecule has 5 heteroatoms. The number of aromatic nitrogens is 3. The SMILES string of the molecule is CCc1cc(C(=O)Cc2nc(C)c(C)s2)n(C)n1. The minimum Gasteiger partial charge on any atom is -0.292 e. The quantitative estimate of drug-likeness (QED) is 0.796. The van der Waals surface area contributed by atoms with E-state index < -0.39 is 0 Å². The Labute approximate surface area is 111 Å². The Bertz CT molecular complexity index is 564. The first-order valence-electron chi connectivity index (χ1n) is 6.00. The van der Waals surface area contributed by atoms with Crippen LogP contribution in [0.4, 0.5) is 0 Å². The molecule has 2 aromatic heterocycles. The molecule has 0 saturated heterocycles. The number of aryl methyl sites for hydroxylation is 4. The van der Waals surface area contributed by atoms with Crippen LogP contribution in [0.5, 0.6) is 0 Å². The number of hydrogen-bond acceptors (Lipinski definition) is 4. The van der Waals surface area contributed by atoms with Crippen LogP contribution in [0.2, 0.25) is 0 Å². The smallest absolute Gasteiger partial charge is 0.187 e. The summed E-state index contributed by atoms with van der Waals surface area (Å²) in [5.74, 6) is 0.0819. The van der Waals surface area contributed by atoms with E-state index in [9.17, 15) is 4.79 Å². The van der Waals surface area contributed by atoms with Gasteiger partial charge in [0, 0.05) is 11.9 Å². The second-order valence-corrected chi connectivity index (χ2v) is 5.63. The molecule has 0 spiro atoms. The van der Waals surface area contributed by atoms with E-state index in [2.05, 4.69) is 10.1 Å². The fourth-order valence-corrected chi connectivity index (χ4v) is 2.74. The summed E-state index contributed by atoms with van der Waals surface area (Å²) in [6.07, 6.45) is 1.21. The maximum Gasteiger partial charge on any atom is 0.187 e. The number of carbonyl (C=O) groups is 1. The molecule has 2 heterocycles. The average molecular weight is 263 g/mol. The first-order chi connectivity index (χ1) is 8.51. The van der Waals surface area contributed by atoms with Crippen molar-refractivity contribution >= 4 is 17.1 Å². The second-order valence-electron chi connectivity index (χ2n) is 4.35. The molecule has 96 valence electrons. The fraction of sp³-hybridized carbons (Fsp3) is 0.462. The van der Waals surface area contributed by atoms with Crippen LogP contribution in [0.1, 0.15) is 38.7 Å². The van der Waals surface area contributed by atoms with Gasteiger partial charge in [0.1, 0.15) is 10.7 Å². The van der Waals surface area contributed by atoms with Crippen molar-refractivity contribution in [1.82, 2.24) is 14.8 Å². The van der Waals surface area contributed by atoms with Crippen LogP contribution in [-0.2, 0) is 19.9 Å². The van der Waals surface area contributed by atoms with E-state index in [-0.39, 0.29) is 5.78 Å². The van der Waals surface area contributed by atoms with Gasteiger partial charge in [0.2, 0.25) is 0 Å². The highest BCUT2D eigenvalue weighted by Crippen LogP contribution is 2.18. The van der Waals surface area contributed by atoms with E-state index in [4.69, 9.17) is 0 Å². The predicted octanol–water partition coefficient (Wildman–Crippen LogP) is 2.48. The van der Waals surface area contributed by atoms with E-state index in [1.807, 2.05) is 33.9 Å². The number of ketones is 1. The largest absolute Gasteiger partial charge is 0.292 e. The van der Waals surface area contributed by atoms with E-state index in [0.29, 0.717) is 12.1 Å². The van der Waals surface area contributed by atoms with Crippen LogP contribution in [0.3, 0.4) is 0 Å². The van der Waals surface area contributed by atoms with E-state index in [0.717, 1.165) is 22.8 Å². The second kappa shape index (κ2) is 5.02. The third kappa shape index (κ3) is 2.51. The molecule has 0 fully saturated rings. The summed E-state index contributed by atoms with van der Waals surface area (Å²) >= 11 is 1.59. The Morgan fingerprint density at radius 3 is 2.67 bits per heavy atom. The molecule has 0 aliphatic carbocycles. The summed E-state index contributed by atoms with van der Waals surface area (Å²) in [6.45, 7) is 6.03. The monoisotopic (exact) mass is 263 g/mol. The molecule has 0 N–H and O–H groups in total. The van der Waals surface area contributed by atoms with Gasteiger partial charge < -0.3 is 0 Å². The number of thiazole rings is 1. The maximum atomic E-state index is 12.2. The van der Waals surface area contributed by atoms with Gasteiger partial charge in [-0.1, -0.05) is 6.92 Å². The van der Waals surface area contributed by atoms with Gasteiger partial charge in [-0.25, -0.2) is 4.98 Å². The summed E-state index contributed by atoms with van der Waals surface area (Å²) in [6, 6.07) is 1.87. The molecule has 2 rings (SSSR count). The van der Waals surface area contributed by atoms with Crippen LogP contribution < -0.4 is 0 Å². The first kappa shape index (κ1) is 13.0. The van der Waals surface area contributed by atoms with Gasteiger partial charge in [-0.05, 0) is 26.3 Å². The fourth-order valence-electron chi connectivity index (χ4n) is 1.80. The van der Waals surface area contributed by atoms with Crippen LogP contribution >= 0.6 is 11.3 Å². The van der Waals surface area contributed by atoms with Gasteiger partial charge in [0.05, 0.1) is 17.8 Å². The Balaban J connectivity index is 2.18. The minimum absolute atomic E-state index is 0.0819. The average Bonchev–Trinajstić information content (AvgIpc) is 2.83. The van der Waals surface area contributed by atoms with Gasteiger partial charge in [0.25, 0.3) is 0 Å². The van der Waals surface area contributed by atoms with Crippen molar-refractivity contribution in [2.75, 3.05) is 0 Å². The van der Waals surface area contributed by atoms with Crippen molar-refractivity contribution in [3.63, 3.8) is 0 Å². The lowest BCUT2D eigenvalue weighted by molar-refractivity contribution is 0.0984. The molecule has 0 saturated carbocycles. The van der Waals surface area contributed by atoms with Crippen molar-refractivity contribution in [3.05, 3.63) is 33.0 Å². The molecule has 0 aliphatic heterocycles. The molecular weight excluding hydrogens is 246 g/mol. The molecular formula is C13H17N3OS. The third-order valence-electron chi connectivity index (χ3n) is 2.96. The Morgan fingerprint density at radius 1 is 1.44 bits per heavy atom. The minimum atomic E-state index is 0.0819. The standard InChI is InChI=1S/C13H17N3OS/c1-5-10-6-11(16(4)15-10)12(17)7-13-14-8(2)9(3)18-13/h6H,5,7H2,1-4H3. The highest BCUT2D eigenvalue weighted by Gasteiger charge is 2.15. The third-order valence-corrected chi connectivity index (χ3v) is 4.04. The molecule has 0 aliphatic rings. The summed E-state index contributed by atoms with van der Waals surface area (Å²) in [7, 11) is 1.81. The zero-order chi connectivity index (χ0) is 13.3. The lowest BCUT2D eigenvalue weighted by Gasteiger charge is -1.98. The molecule has 0 unspecified atom stereocenters. The molecule has 0 radical (unpaired) electrons. The molecule has 18 heavy (non-hydrogen) atoms. The normalized spacial score (nSPS) is 10.9. The van der Waals surface area contributed by atoms with Crippen molar-refractivity contribution in [2.45, 2.75) is 33.6 Å². The van der Waals surface area contributed by atoms with E-state index in [1.165, 1.54) is 4.88 Å². The van der Waals surface area contributed by atoms with Gasteiger partial charge >= 0.3 is 0 Å². The summed E-state index contributed by atoms with van der Waals surface area (Å²) < 4.78 is 1.66. The van der Waals surface area contributed by atoms with Gasteiger partial charge in [0.15, 0.2) is 5.78 Å². The Morgan fingerprint density at radius 2 is 2.17 bits per heavy atom. The van der Waals surface area contributed by atoms with Crippen molar-refractivity contribution in [3.8, 4) is 0 Å². The number of carbonyl (C=O) groups excluding carboxylic acids is 1. The van der Waals surface area contributed by atoms with Crippen LogP contribution in [0.15, 0.2) is 6.07 Å². The number of Topliss-reactive ketones (excluding diaryl/α,β-unsaturated/α-hetero) is 1. The molecule has 2 aromatic rings. The first-order valence-corrected chi connectivity index (χ1v) is 6.82. The maximum absolute atomic E-state index is 12.2. The number of nitrogens with zero attached hydrogens (tertiary/aromatic N) is 3. The lowest BCUT2D eigenvalue weighted by atomic mass is 10.2. The van der Waals surface area contributed by atoms with Crippen molar-refractivity contribution < 1.29 is 4.79 Å². The zero-order valence-corrected chi connectivity index (χ0v) is 12.0. The van der Waals surface area contributed by atoms with Crippen molar-refractivity contribution in [1.29, 1.82) is 0 Å². The van der Waals surface area contributed by atoms with E-state index in [1.54, 1.807) is 16.0 Å². The molecule has 0 bridgehead atoms.